The summed E-state index contributed by atoms with van der Waals surface area (Å²) in [6.45, 7) is 9.45. The van der Waals surface area contributed by atoms with Gasteiger partial charge < -0.3 is 10.6 Å². The Hall–Kier alpha value is -1.58. The minimum Gasteiger partial charge on any atom is -0.354 e. The molecule has 0 radical (unpaired) electrons. The minimum atomic E-state index is 0.431. The van der Waals surface area contributed by atoms with Gasteiger partial charge in [-0.05, 0) is 38.3 Å². The summed E-state index contributed by atoms with van der Waals surface area (Å²) in [5.74, 6) is 1.62. The van der Waals surface area contributed by atoms with Gasteiger partial charge in [-0.15, -0.1) is 0 Å². The topological polar surface area (TPSA) is 49.3 Å². The van der Waals surface area contributed by atoms with E-state index < -0.39 is 0 Å². The van der Waals surface area contributed by atoms with Crippen LogP contribution < -0.4 is 10.6 Å². The van der Waals surface area contributed by atoms with Gasteiger partial charge in [0.05, 0.1) is 12.2 Å². The molecule has 0 aliphatic rings. The zero-order valence-corrected chi connectivity index (χ0v) is 14.1. The number of aryl methyl sites for hydroxylation is 1. The fraction of sp³-hybridized carbons (Fsp3) is 0.647. The van der Waals surface area contributed by atoms with Crippen LogP contribution in [0.4, 0.5) is 0 Å². The largest absolute Gasteiger partial charge is 0.354 e. The van der Waals surface area contributed by atoms with Gasteiger partial charge in [-0.25, -0.2) is 0 Å². The first kappa shape index (κ1) is 17.5. The van der Waals surface area contributed by atoms with Gasteiger partial charge in [-0.1, -0.05) is 32.8 Å². The van der Waals surface area contributed by atoms with Crippen molar-refractivity contribution in [2.45, 2.75) is 59.5 Å². The predicted molar refractivity (Wildman–Crippen MR) is 90.5 cm³/mol. The molecule has 1 aromatic heterocycles. The first-order chi connectivity index (χ1) is 10.0. The Bertz CT molecular complexity index is 440. The van der Waals surface area contributed by atoms with Crippen molar-refractivity contribution in [3.63, 3.8) is 0 Å². The van der Waals surface area contributed by atoms with E-state index in [2.05, 4.69) is 41.4 Å². The maximum Gasteiger partial charge on any atom is 0.191 e. The lowest BCUT2D eigenvalue weighted by molar-refractivity contribution is 0.491. The van der Waals surface area contributed by atoms with E-state index in [0.717, 1.165) is 23.3 Å². The van der Waals surface area contributed by atoms with Crippen molar-refractivity contribution in [3.8, 4) is 0 Å². The van der Waals surface area contributed by atoms with Crippen LogP contribution in [0, 0.1) is 12.8 Å². The maximum absolute atomic E-state index is 4.48. The first-order valence-corrected chi connectivity index (χ1v) is 7.91. The van der Waals surface area contributed by atoms with Crippen LogP contribution in [-0.2, 0) is 6.54 Å². The van der Waals surface area contributed by atoms with Gasteiger partial charge in [-0.3, -0.25) is 9.98 Å². The summed E-state index contributed by atoms with van der Waals surface area (Å²) < 4.78 is 0. The number of nitrogens with zero attached hydrogens (tertiary/aromatic N) is 2. The molecule has 21 heavy (non-hydrogen) atoms. The summed E-state index contributed by atoms with van der Waals surface area (Å²) in [7, 11) is 1.81. The van der Waals surface area contributed by atoms with E-state index in [-0.39, 0.29) is 0 Å². The second-order valence-corrected chi connectivity index (χ2v) is 6.07. The molecule has 0 aliphatic carbocycles. The van der Waals surface area contributed by atoms with E-state index in [1.165, 1.54) is 19.3 Å². The smallest absolute Gasteiger partial charge is 0.191 e. The molecule has 0 fully saturated rings. The Morgan fingerprint density at radius 1 is 1.24 bits per heavy atom. The molecule has 0 aromatic carbocycles. The molecule has 4 heteroatoms. The Morgan fingerprint density at radius 2 is 2.00 bits per heavy atom. The van der Waals surface area contributed by atoms with Crippen LogP contribution in [0.2, 0.25) is 0 Å². The molecular formula is C17H30N4. The lowest BCUT2D eigenvalue weighted by Crippen LogP contribution is -2.42. The highest BCUT2D eigenvalue weighted by atomic mass is 15.2. The van der Waals surface area contributed by atoms with E-state index in [0.29, 0.717) is 12.6 Å². The summed E-state index contributed by atoms with van der Waals surface area (Å²) in [6, 6.07) is 6.50. The number of pyridine rings is 1. The summed E-state index contributed by atoms with van der Waals surface area (Å²) in [5.41, 5.74) is 2.07. The summed E-state index contributed by atoms with van der Waals surface area (Å²) in [5, 5.41) is 6.76. The second kappa shape index (κ2) is 9.37. The van der Waals surface area contributed by atoms with Crippen molar-refractivity contribution >= 4 is 5.96 Å². The van der Waals surface area contributed by atoms with Crippen LogP contribution in [0.15, 0.2) is 23.2 Å². The zero-order valence-electron chi connectivity index (χ0n) is 14.1. The molecule has 0 spiro atoms. The number of guanidine groups is 1. The molecule has 0 amide bonds. The third-order valence-corrected chi connectivity index (χ3v) is 3.41. The first-order valence-electron chi connectivity index (χ1n) is 7.91. The Labute approximate surface area is 129 Å². The van der Waals surface area contributed by atoms with Gasteiger partial charge in [0.1, 0.15) is 0 Å². The van der Waals surface area contributed by atoms with E-state index in [1.807, 2.05) is 25.1 Å². The van der Waals surface area contributed by atoms with Crippen molar-refractivity contribution in [1.82, 2.24) is 15.6 Å². The molecule has 2 N–H and O–H groups in total. The average Bonchev–Trinajstić information content (AvgIpc) is 2.43. The fourth-order valence-corrected chi connectivity index (χ4v) is 2.20. The van der Waals surface area contributed by atoms with Gasteiger partial charge in [0.15, 0.2) is 5.96 Å². The standard InChI is InChI=1S/C17H30N4/c1-13(2)8-6-9-15(4)21-17(18-5)19-12-16-11-7-10-14(3)20-16/h7,10-11,13,15H,6,8-9,12H2,1-5H3,(H2,18,19,21). The molecule has 0 saturated heterocycles. The molecule has 4 nitrogen and oxygen atoms in total. The average molecular weight is 290 g/mol. The molecule has 1 unspecified atom stereocenters. The predicted octanol–water partition coefficient (Wildman–Crippen LogP) is 3.27. The number of aliphatic imine (C=N–C) groups is 1. The number of hydrogen-bond acceptors (Lipinski definition) is 2. The minimum absolute atomic E-state index is 0.431. The number of hydrogen-bond donors (Lipinski definition) is 2. The SMILES string of the molecule is CN=C(NCc1cccc(C)n1)NC(C)CCCC(C)C. The zero-order chi connectivity index (χ0) is 15.7. The maximum atomic E-state index is 4.48. The summed E-state index contributed by atoms with van der Waals surface area (Å²) in [4.78, 5) is 8.76. The molecular weight excluding hydrogens is 260 g/mol. The number of rotatable bonds is 7. The molecule has 1 aromatic rings. The van der Waals surface area contributed by atoms with Crippen LogP contribution in [0.5, 0.6) is 0 Å². The molecule has 1 heterocycles. The number of nitrogens with one attached hydrogen (secondary N) is 2. The van der Waals surface area contributed by atoms with Crippen LogP contribution in [-0.4, -0.2) is 24.0 Å². The molecule has 0 bridgehead atoms. The van der Waals surface area contributed by atoms with E-state index in [9.17, 15) is 0 Å². The molecule has 1 atom stereocenters. The molecule has 0 aliphatic heterocycles. The Morgan fingerprint density at radius 3 is 2.62 bits per heavy atom. The number of aromatic nitrogens is 1. The van der Waals surface area contributed by atoms with Gasteiger partial charge >= 0.3 is 0 Å². The monoisotopic (exact) mass is 290 g/mol. The fourth-order valence-electron chi connectivity index (χ4n) is 2.20. The third kappa shape index (κ3) is 7.69. The molecule has 0 saturated carbocycles. The van der Waals surface area contributed by atoms with Gasteiger partial charge in [0.25, 0.3) is 0 Å². The lowest BCUT2D eigenvalue weighted by Gasteiger charge is -2.18. The van der Waals surface area contributed by atoms with Crippen LogP contribution in [0.3, 0.4) is 0 Å². The highest BCUT2D eigenvalue weighted by molar-refractivity contribution is 5.79. The van der Waals surface area contributed by atoms with Crippen molar-refractivity contribution in [1.29, 1.82) is 0 Å². The van der Waals surface area contributed by atoms with Gasteiger partial charge in [0.2, 0.25) is 0 Å². The van der Waals surface area contributed by atoms with Crippen LogP contribution >= 0.6 is 0 Å². The molecule has 1 rings (SSSR count). The highest BCUT2D eigenvalue weighted by Gasteiger charge is 2.06. The lowest BCUT2D eigenvalue weighted by atomic mass is 10.0. The van der Waals surface area contributed by atoms with E-state index in [4.69, 9.17) is 0 Å². The summed E-state index contributed by atoms with van der Waals surface area (Å²) in [6.07, 6.45) is 3.70. The Kier molecular flexibility index (Phi) is 7.80. The third-order valence-electron chi connectivity index (χ3n) is 3.41. The molecule has 118 valence electrons. The van der Waals surface area contributed by atoms with E-state index >= 15 is 0 Å². The Balaban J connectivity index is 2.34. The summed E-state index contributed by atoms with van der Waals surface area (Å²) >= 11 is 0. The van der Waals surface area contributed by atoms with Crippen molar-refractivity contribution in [3.05, 3.63) is 29.6 Å². The van der Waals surface area contributed by atoms with Crippen LogP contribution in [0.25, 0.3) is 0 Å². The quantitative estimate of drug-likeness (QED) is 0.598. The second-order valence-electron chi connectivity index (χ2n) is 6.07. The van der Waals surface area contributed by atoms with Gasteiger partial charge in [-0.2, -0.15) is 0 Å². The van der Waals surface area contributed by atoms with Crippen molar-refractivity contribution in [2.75, 3.05) is 7.05 Å². The van der Waals surface area contributed by atoms with Crippen molar-refractivity contribution < 1.29 is 0 Å². The van der Waals surface area contributed by atoms with Crippen molar-refractivity contribution in [2.24, 2.45) is 10.9 Å². The highest BCUT2D eigenvalue weighted by Crippen LogP contribution is 2.08. The normalized spacial score (nSPS) is 13.3. The van der Waals surface area contributed by atoms with Gasteiger partial charge in [0, 0.05) is 18.8 Å². The van der Waals surface area contributed by atoms with E-state index in [1.54, 1.807) is 7.05 Å². The van der Waals surface area contributed by atoms with Crippen LogP contribution in [0.1, 0.15) is 51.4 Å².